The summed E-state index contributed by atoms with van der Waals surface area (Å²) in [5, 5.41) is 4.67. The van der Waals surface area contributed by atoms with E-state index < -0.39 is 0 Å². The summed E-state index contributed by atoms with van der Waals surface area (Å²) in [6.07, 6.45) is 2.38. The SMILES string of the molecule is CCc1cc(C)cc(OCC(=O)N/N=C/c2cc(Br)c(Sc3ccc(C)cc3)o2)c1. The third kappa shape index (κ3) is 6.50. The minimum absolute atomic E-state index is 0.111. The molecule has 3 rings (SSSR count). The first-order valence-corrected chi connectivity index (χ1v) is 11.1. The molecular weight excluding hydrogens is 464 g/mol. The van der Waals surface area contributed by atoms with Gasteiger partial charge in [0.2, 0.25) is 0 Å². The van der Waals surface area contributed by atoms with Crippen LogP contribution in [0.2, 0.25) is 0 Å². The molecule has 1 aromatic heterocycles. The Morgan fingerprint density at radius 2 is 1.93 bits per heavy atom. The lowest BCUT2D eigenvalue weighted by molar-refractivity contribution is -0.123. The van der Waals surface area contributed by atoms with E-state index in [1.165, 1.54) is 29.1 Å². The second-order valence-electron chi connectivity index (χ2n) is 6.79. The van der Waals surface area contributed by atoms with Gasteiger partial charge in [-0.2, -0.15) is 5.10 Å². The molecule has 3 aromatic rings. The number of hydrogen-bond donors (Lipinski definition) is 1. The first-order chi connectivity index (χ1) is 14.4. The normalized spacial score (nSPS) is 11.1. The highest BCUT2D eigenvalue weighted by Gasteiger charge is 2.10. The van der Waals surface area contributed by atoms with E-state index >= 15 is 0 Å². The first-order valence-electron chi connectivity index (χ1n) is 9.52. The van der Waals surface area contributed by atoms with Crippen LogP contribution in [0.1, 0.15) is 29.4 Å². The molecule has 2 aromatic carbocycles. The van der Waals surface area contributed by atoms with Crippen molar-refractivity contribution in [3.63, 3.8) is 0 Å². The van der Waals surface area contributed by atoms with Gasteiger partial charge in [-0.1, -0.05) is 42.4 Å². The van der Waals surface area contributed by atoms with E-state index in [0.717, 1.165) is 26.4 Å². The fourth-order valence-electron chi connectivity index (χ4n) is 2.68. The average Bonchev–Trinajstić information content (AvgIpc) is 3.06. The lowest BCUT2D eigenvalue weighted by Gasteiger charge is -2.08. The van der Waals surface area contributed by atoms with Crippen molar-refractivity contribution in [2.45, 2.75) is 37.2 Å². The Hall–Kier alpha value is -2.51. The molecule has 156 valence electrons. The second-order valence-corrected chi connectivity index (χ2v) is 8.69. The Morgan fingerprint density at radius 3 is 2.67 bits per heavy atom. The Labute approximate surface area is 189 Å². The third-order valence-corrected chi connectivity index (χ3v) is 6.02. The molecule has 30 heavy (non-hydrogen) atoms. The van der Waals surface area contributed by atoms with Crippen LogP contribution >= 0.6 is 27.7 Å². The van der Waals surface area contributed by atoms with Crippen LogP contribution in [0, 0.1) is 13.8 Å². The number of amides is 1. The molecule has 0 radical (unpaired) electrons. The number of rotatable bonds is 8. The van der Waals surface area contributed by atoms with E-state index in [4.69, 9.17) is 9.15 Å². The van der Waals surface area contributed by atoms with E-state index in [0.29, 0.717) is 11.5 Å². The molecule has 1 N–H and O–H groups in total. The van der Waals surface area contributed by atoms with Crippen LogP contribution in [0.4, 0.5) is 0 Å². The fourth-order valence-corrected chi connectivity index (χ4v) is 4.01. The van der Waals surface area contributed by atoms with Gasteiger partial charge in [-0.15, -0.1) is 0 Å². The second kappa shape index (κ2) is 10.5. The molecule has 1 heterocycles. The summed E-state index contributed by atoms with van der Waals surface area (Å²) in [4.78, 5) is 13.1. The largest absolute Gasteiger partial charge is 0.484 e. The van der Waals surface area contributed by atoms with Gasteiger partial charge in [-0.05, 0) is 71.6 Å². The number of halogens is 1. The maximum atomic E-state index is 12.0. The number of nitrogens with zero attached hydrogens (tertiary/aromatic N) is 1. The van der Waals surface area contributed by atoms with Crippen LogP contribution in [0.5, 0.6) is 5.75 Å². The molecule has 0 fully saturated rings. The number of nitrogens with one attached hydrogen (secondary N) is 1. The molecular formula is C23H23BrN2O3S. The molecule has 0 saturated carbocycles. The summed E-state index contributed by atoms with van der Waals surface area (Å²) in [7, 11) is 0. The predicted octanol–water partition coefficient (Wildman–Crippen LogP) is 5.90. The fraction of sp³-hybridized carbons (Fsp3) is 0.217. The highest BCUT2D eigenvalue weighted by Crippen LogP contribution is 2.35. The van der Waals surface area contributed by atoms with E-state index in [1.807, 2.05) is 37.3 Å². The standard InChI is InChI=1S/C23H23BrN2O3S/c1-4-17-9-16(3)10-18(11-17)28-14-22(27)26-25-13-19-12-21(24)23(29-19)30-20-7-5-15(2)6-8-20/h5-13H,4,14H2,1-3H3,(H,26,27)/b25-13+. The van der Waals surface area contributed by atoms with E-state index in [1.54, 1.807) is 0 Å². The Balaban J connectivity index is 1.52. The summed E-state index contributed by atoms with van der Waals surface area (Å²) < 4.78 is 12.2. The number of benzene rings is 2. The van der Waals surface area contributed by atoms with Gasteiger partial charge in [0.1, 0.15) is 11.5 Å². The number of hydrogen-bond acceptors (Lipinski definition) is 5. The topological polar surface area (TPSA) is 63.8 Å². The van der Waals surface area contributed by atoms with Crippen LogP contribution in [0.3, 0.4) is 0 Å². The Bertz CT molecular complexity index is 1050. The van der Waals surface area contributed by atoms with Crippen LogP contribution in [0.25, 0.3) is 0 Å². The zero-order valence-electron chi connectivity index (χ0n) is 17.1. The molecule has 0 aliphatic carbocycles. The monoisotopic (exact) mass is 486 g/mol. The highest BCUT2D eigenvalue weighted by molar-refractivity contribution is 9.10. The van der Waals surface area contributed by atoms with Gasteiger partial charge in [-0.3, -0.25) is 4.79 Å². The summed E-state index contributed by atoms with van der Waals surface area (Å²) >= 11 is 5.01. The number of carbonyl (C=O) groups is 1. The van der Waals surface area contributed by atoms with E-state index in [2.05, 4.69) is 58.5 Å². The first kappa shape index (κ1) is 22.2. The molecule has 7 heteroatoms. The average molecular weight is 487 g/mol. The van der Waals surface area contributed by atoms with Gasteiger partial charge in [0.05, 0.1) is 10.7 Å². The molecule has 0 unspecified atom stereocenters. The van der Waals surface area contributed by atoms with Gasteiger partial charge in [0, 0.05) is 11.0 Å². The maximum Gasteiger partial charge on any atom is 0.277 e. The third-order valence-electron chi connectivity index (χ3n) is 4.18. The van der Waals surface area contributed by atoms with E-state index in [-0.39, 0.29) is 12.5 Å². The lowest BCUT2D eigenvalue weighted by Crippen LogP contribution is -2.24. The van der Waals surface area contributed by atoms with Crippen molar-refractivity contribution in [2.75, 3.05) is 6.61 Å². The predicted molar refractivity (Wildman–Crippen MR) is 123 cm³/mol. The molecule has 1 amide bonds. The van der Waals surface area contributed by atoms with Gasteiger partial charge in [0.15, 0.2) is 11.7 Å². The minimum atomic E-state index is -0.342. The van der Waals surface area contributed by atoms with Gasteiger partial charge < -0.3 is 9.15 Å². The zero-order valence-corrected chi connectivity index (χ0v) is 19.5. The number of hydrazone groups is 1. The molecule has 0 bridgehead atoms. The van der Waals surface area contributed by atoms with Gasteiger partial charge in [-0.25, -0.2) is 5.43 Å². The van der Waals surface area contributed by atoms with Gasteiger partial charge >= 0.3 is 0 Å². The summed E-state index contributed by atoms with van der Waals surface area (Å²) in [5.74, 6) is 0.869. The highest BCUT2D eigenvalue weighted by atomic mass is 79.9. The number of furan rings is 1. The van der Waals surface area contributed by atoms with E-state index in [9.17, 15) is 4.79 Å². The molecule has 0 saturated heterocycles. The van der Waals surface area contributed by atoms with Crippen molar-refractivity contribution in [1.29, 1.82) is 0 Å². The smallest absolute Gasteiger partial charge is 0.277 e. The molecule has 5 nitrogen and oxygen atoms in total. The van der Waals surface area contributed by atoms with Crippen molar-refractivity contribution >= 4 is 39.8 Å². The van der Waals surface area contributed by atoms with Crippen molar-refractivity contribution in [1.82, 2.24) is 5.43 Å². The lowest BCUT2D eigenvalue weighted by atomic mass is 10.1. The van der Waals surface area contributed by atoms with Crippen LogP contribution < -0.4 is 10.2 Å². The molecule has 0 aliphatic rings. The van der Waals surface area contributed by atoms with Gasteiger partial charge in [0.25, 0.3) is 5.91 Å². The number of carbonyl (C=O) groups excluding carboxylic acids is 1. The van der Waals surface area contributed by atoms with Crippen molar-refractivity contribution in [3.05, 3.63) is 75.5 Å². The van der Waals surface area contributed by atoms with Crippen LogP contribution in [-0.2, 0) is 11.2 Å². The van der Waals surface area contributed by atoms with Crippen LogP contribution in [0.15, 0.2) is 72.5 Å². The molecule has 0 atom stereocenters. The Morgan fingerprint density at radius 1 is 1.17 bits per heavy atom. The maximum absolute atomic E-state index is 12.0. The Kier molecular flexibility index (Phi) is 7.76. The molecule has 0 aliphatic heterocycles. The number of ether oxygens (including phenoxy) is 1. The summed E-state index contributed by atoms with van der Waals surface area (Å²) in [6, 6.07) is 15.9. The summed E-state index contributed by atoms with van der Waals surface area (Å²) in [5.41, 5.74) is 5.93. The van der Waals surface area contributed by atoms with Crippen molar-refractivity contribution in [3.8, 4) is 5.75 Å². The minimum Gasteiger partial charge on any atom is -0.484 e. The zero-order chi connectivity index (χ0) is 21.5. The number of aryl methyl sites for hydroxylation is 3. The quantitative estimate of drug-likeness (QED) is 0.317. The van der Waals surface area contributed by atoms with Crippen molar-refractivity contribution < 1.29 is 13.9 Å². The van der Waals surface area contributed by atoms with Crippen molar-refractivity contribution in [2.24, 2.45) is 5.10 Å². The summed E-state index contributed by atoms with van der Waals surface area (Å²) in [6.45, 7) is 6.02. The van der Waals surface area contributed by atoms with Crippen LogP contribution in [-0.4, -0.2) is 18.7 Å². The molecule has 0 spiro atoms.